The molecule has 0 bridgehead atoms. The van der Waals surface area contributed by atoms with Crippen molar-refractivity contribution in [3.63, 3.8) is 0 Å². The summed E-state index contributed by atoms with van der Waals surface area (Å²) in [6, 6.07) is 0. The molecule has 1 heterocycles. The Labute approximate surface area is 110 Å². The smallest absolute Gasteiger partial charge is 0.309 e. The van der Waals surface area contributed by atoms with E-state index in [-0.39, 0.29) is 18.0 Å². The Morgan fingerprint density at radius 1 is 1.39 bits per heavy atom. The molecule has 2 fully saturated rings. The quantitative estimate of drug-likeness (QED) is 0.484. The van der Waals surface area contributed by atoms with Gasteiger partial charge in [0.2, 0.25) is 0 Å². The number of carbonyl (C=O) groups is 1. The third-order valence-corrected chi connectivity index (χ3v) is 6.15. The molecule has 0 unspecified atom stereocenters. The molecule has 0 aromatic heterocycles. The fraction of sp³-hybridized carbons (Fsp3) is 0.812. The molecule has 1 saturated carbocycles. The highest BCUT2D eigenvalue weighted by molar-refractivity contribution is 5.75. The van der Waals surface area contributed by atoms with Gasteiger partial charge in [0, 0.05) is 11.8 Å². The summed E-state index contributed by atoms with van der Waals surface area (Å²) in [6.07, 6.45) is 6.09. The summed E-state index contributed by atoms with van der Waals surface area (Å²) >= 11 is 0. The number of hydrogen-bond donors (Lipinski definition) is 0. The SMILES string of the molecule is CC1=CC[C@H](C)[C@]2(C)CC[C@@H]3[C@H](OC(=O)[C@H]3C)[C@@H]12. The second-order valence-corrected chi connectivity index (χ2v) is 6.96. The van der Waals surface area contributed by atoms with Crippen molar-refractivity contribution in [3.8, 4) is 0 Å². The fourth-order valence-electron chi connectivity index (χ4n) is 4.62. The third kappa shape index (κ3) is 1.44. The van der Waals surface area contributed by atoms with Crippen molar-refractivity contribution in [2.24, 2.45) is 29.1 Å². The molecule has 0 radical (unpaired) electrons. The summed E-state index contributed by atoms with van der Waals surface area (Å²) in [6.45, 7) is 9.04. The van der Waals surface area contributed by atoms with E-state index in [2.05, 4.69) is 26.8 Å². The Balaban J connectivity index is 2.00. The lowest BCUT2D eigenvalue weighted by Crippen LogP contribution is -2.49. The van der Waals surface area contributed by atoms with Crippen molar-refractivity contribution in [1.82, 2.24) is 0 Å². The second kappa shape index (κ2) is 3.85. The van der Waals surface area contributed by atoms with Gasteiger partial charge in [0.05, 0.1) is 5.92 Å². The van der Waals surface area contributed by atoms with Crippen LogP contribution in [-0.4, -0.2) is 12.1 Å². The predicted octanol–water partition coefficient (Wildman–Crippen LogP) is 3.57. The largest absolute Gasteiger partial charge is 0.461 e. The minimum absolute atomic E-state index is 0.0280. The highest BCUT2D eigenvalue weighted by Crippen LogP contribution is 2.58. The standard InChI is InChI=1S/C16H24O2/c1-9-5-6-10(2)16(4)8-7-12-11(3)15(17)18-14(12)13(9)16/h5,10-14H,6-8H2,1-4H3/t10-,11-,12-,13+,14-,16-/m0/s1. The van der Waals surface area contributed by atoms with Gasteiger partial charge < -0.3 is 4.74 Å². The van der Waals surface area contributed by atoms with Gasteiger partial charge >= 0.3 is 5.97 Å². The van der Waals surface area contributed by atoms with Crippen LogP contribution in [0.3, 0.4) is 0 Å². The summed E-state index contributed by atoms with van der Waals surface area (Å²) in [5.41, 5.74) is 1.77. The average Bonchev–Trinajstić information content (AvgIpc) is 2.60. The summed E-state index contributed by atoms with van der Waals surface area (Å²) in [5, 5.41) is 0. The predicted molar refractivity (Wildman–Crippen MR) is 70.9 cm³/mol. The molecule has 3 aliphatic rings. The van der Waals surface area contributed by atoms with Crippen LogP contribution in [0.4, 0.5) is 0 Å². The van der Waals surface area contributed by atoms with E-state index < -0.39 is 0 Å². The molecule has 18 heavy (non-hydrogen) atoms. The average molecular weight is 248 g/mol. The molecular formula is C16H24O2. The zero-order valence-corrected chi connectivity index (χ0v) is 11.9. The Kier molecular flexibility index (Phi) is 2.62. The highest BCUT2D eigenvalue weighted by Gasteiger charge is 2.57. The molecule has 3 rings (SSSR count). The lowest BCUT2D eigenvalue weighted by Gasteiger charge is -2.52. The van der Waals surface area contributed by atoms with Crippen LogP contribution in [-0.2, 0) is 9.53 Å². The Morgan fingerprint density at radius 2 is 2.11 bits per heavy atom. The number of rotatable bonds is 0. The van der Waals surface area contributed by atoms with Crippen molar-refractivity contribution in [2.45, 2.75) is 53.1 Å². The van der Waals surface area contributed by atoms with Gasteiger partial charge in [-0.15, -0.1) is 0 Å². The van der Waals surface area contributed by atoms with Crippen molar-refractivity contribution in [3.05, 3.63) is 11.6 Å². The molecule has 2 aliphatic carbocycles. The Hall–Kier alpha value is -0.790. The van der Waals surface area contributed by atoms with E-state index in [0.29, 0.717) is 23.2 Å². The summed E-state index contributed by atoms with van der Waals surface area (Å²) in [4.78, 5) is 11.9. The van der Waals surface area contributed by atoms with Crippen LogP contribution >= 0.6 is 0 Å². The van der Waals surface area contributed by atoms with Gasteiger partial charge in [-0.1, -0.05) is 32.4 Å². The van der Waals surface area contributed by atoms with Gasteiger partial charge in [0.25, 0.3) is 0 Å². The maximum absolute atomic E-state index is 11.9. The number of hydrogen-bond acceptors (Lipinski definition) is 2. The maximum Gasteiger partial charge on any atom is 0.309 e. The molecule has 2 heteroatoms. The Bertz CT molecular complexity index is 411. The van der Waals surface area contributed by atoms with Crippen LogP contribution in [0.25, 0.3) is 0 Å². The first-order valence-corrected chi connectivity index (χ1v) is 7.32. The highest BCUT2D eigenvalue weighted by atomic mass is 16.6. The van der Waals surface area contributed by atoms with Gasteiger partial charge in [-0.3, -0.25) is 4.79 Å². The number of ether oxygens (including phenoxy) is 1. The number of fused-ring (bicyclic) bond motifs is 3. The van der Waals surface area contributed by atoms with E-state index in [9.17, 15) is 4.79 Å². The van der Waals surface area contributed by atoms with Crippen LogP contribution in [0.5, 0.6) is 0 Å². The molecule has 2 nitrogen and oxygen atoms in total. The van der Waals surface area contributed by atoms with Gasteiger partial charge in [-0.05, 0) is 37.5 Å². The summed E-state index contributed by atoms with van der Waals surface area (Å²) in [7, 11) is 0. The molecule has 0 aromatic carbocycles. The van der Waals surface area contributed by atoms with Crippen LogP contribution in [0, 0.1) is 29.1 Å². The molecule has 0 amide bonds. The summed E-state index contributed by atoms with van der Waals surface area (Å²) < 4.78 is 5.75. The molecule has 1 aliphatic heterocycles. The lowest BCUT2D eigenvalue weighted by atomic mass is 9.52. The first kappa shape index (κ1) is 12.3. The molecular weight excluding hydrogens is 224 g/mol. The number of carbonyl (C=O) groups excluding carboxylic acids is 1. The number of allylic oxidation sites excluding steroid dienone is 1. The molecule has 0 spiro atoms. The maximum atomic E-state index is 11.9. The lowest BCUT2D eigenvalue weighted by molar-refractivity contribution is -0.148. The van der Waals surface area contributed by atoms with Gasteiger partial charge in [-0.2, -0.15) is 0 Å². The van der Waals surface area contributed by atoms with Gasteiger partial charge in [0.15, 0.2) is 0 Å². The van der Waals surface area contributed by atoms with Crippen LogP contribution in [0.2, 0.25) is 0 Å². The molecule has 1 saturated heterocycles. The van der Waals surface area contributed by atoms with Crippen molar-refractivity contribution in [2.75, 3.05) is 0 Å². The topological polar surface area (TPSA) is 26.3 Å². The zero-order chi connectivity index (χ0) is 13.1. The van der Waals surface area contributed by atoms with E-state index in [4.69, 9.17) is 4.74 Å². The number of esters is 1. The Morgan fingerprint density at radius 3 is 2.83 bits per heavy atom. The first-order valence-electron chi connectivity index (χ1n) is 7.32. The fourth-order valence-corrected chi connectivity index (χ4v) is 4.62. The monoisotopic (exact) mass is 248 g/mol. The van der Waals surface area contributed by atoms with Crippen molar-refractivity contribution in [1.29, 1.82) is 0 Å². The van der Waals surface area contributed by atoms with Crippen molar-refractivity contribution >= 4 is 5.97 Å². The van der Waals surface area contributed by atoms with E-state index in [0.717, 1.165) is 6.42 Å². The van der Waals surface area contributed by atoms with Crippen LogP contribution < -0.4 is 0 Å². The minimum atomic E-state index is 0.0280. The van der Waals surface area contributed by atoms with Gasteiger partial charge in [0.1, 0.15) is 6.10 Å². The minimum Gasteiger partial charge on any atom is -0.461 e. The normalized spacial score (nSPS) is 51.2. The zero-order valence-electron chi connectivity index (χ0n) is 11.9. The van der Waals surface area contributed by atoms with E-state index in [1.165, 1.54) is 18.4 Å². The van der Waals surface area contributed by atoms with E-state index >= 15 is 0 Å². The van der Waals surface area contributed by atoms with Gasteiger partial charge in [-0.25, -0.2) is 0 Å². The molecule has 6 atom stereocenters. The van der Waals surface area contributed by atoms with Crippen LogP contribution in [0.15, 0.2) is 11.6 Å². The van der Waals surface area contributed by atoms with Crippen LogP contribution in [0.1, 0.15) is 47.0 Å². The molecule has 0 aromatic rings. The first-order chi connectivity index (χ1) is 8.45. The van der Waals surface area contributed by atoms with E-state index in [1.54, 1.807) is 0 Å². The van der Waals surface area contributed by atoms with E-state index in [1.807, 2.05) is 6.92 Å². The summed E-state index contributed by atoms with van der Waals surface area (Å²) in [5.74, 6) is 1.73. The molecule has 100 valence electrons. The van der Waals surface area contributed by atoms with Crippen molar-refractivity contribution < 1.29 is 9.53 Å². The second-order valence-electron chi connectivity index (χ2n) is 6.96. The third-order valence-electron chi connectivity index (χ3n) is 6.15. The molecule has 0 N–H and O–H groups in total.